The molecule has 6 nitrogen and oxygen atoms in total. The first kappa shape index (κ1) is 15.1. The van der Waals surface area contributed by atoms with Crippen molar-refractivity contribution in [1.82, 2.24) is 0 Å². The molecule has 0 bridgehead atoms. The van der Waals surface area contributed by atoms with Crippen LogP contribution in [0.15, 0.2) is 12.1 Å². The molecule has 0 heterocycles. The first-order valence-electron chi connectivity index (χ1n) is 5.90. The Morgan fingerprint density at radius 1 is 1.32 bits per heavy atom. The SMILES string of the molecule is CCOc1c(CC(N)C(=O)O)ccc(OC)c1OC. The van der Waals surface area contributed by atoms with Gasteiger partial charge in [-0.3, -0.25) is 4.79 Å². The molecule has 0 saturated heterocycles. The molecular weight excluding hydrogens is 250 g/mol. The van der Waals surface area contributed by atoms with E-state index in [0.29, 0.717) is 29.4 Å². The lowest BCUT2D eigenvalue weighted by atomic mass is 10.0. The van der Waals surface area contributed by atoms with Gasteiger partial charge in [0.25, 0.3) is 0 Å². The summed E-state index contributed by atoms with van der Waals surface area (Å²) in [7, 11) is 3.03. The normalized spacial score (nSPS) is 11.8. The molecular formula is C13H19NO5. The maximum absolute atomic E-state index is 10.8. The Bertz CT molecular complexity index is 447. The van der Waals surface area contributed by atoms with Gasteiger partial charge in [-0.15, -0.1) is 0 Å². The number of ether oxygens (including phenoxy) is 3. The summed E-state index contributed by atoms with van der Waals surface area (Å²) in [6, 6.07) is 2.44. The smallest absolute Gasteiger partial charge is 0.320 e. The van der Waals surface area contributed by atoms with E-state index in [2.05, 4.69) is 0 Å². The summed E-state index contributed by atoms with van der Waals surface area (Å²) in [4.78, 5) is 10.8. The number of benzene rings is 1. The van der Waals surface area contributed by atoms with Crippen LogP contribution in [0.2, 0.25) is 0 Å². The highest BCUT2D eigenvalue weighted by Gasteiger charge is 2.20. The minimum atomic E-state index is -1.06. The molecule has 0 aliphatic carbocycles. The van der Waals surface area contributed by atoms with Crippen molar-refractivity contribution in [2.45, 2.75) is 19.4 Å². The highest BCUT2D eigenvalue weighted by molar-refractivity contribution is 5.74. The molecule has 0 amide bonds. The van der Waals surface area contributed by atoms with Gasteiger partial charge in [0.15, 0.2) is 11.5 Å². The lowest BCUT2D eigenvalue weighted by Gasteiger charge is -2.17. The minimum absolute atomic E-state index is 0.158. The summed E-state index contributed by atoms with van der Waals surface area (Å²) >= 11 is 0. The molecule has 1 atom stereocenters. The van der Waals surface area contributed by atoms with E-state index in [1.807, 2.05) is 6.92 Å². The Hall–Kier alpha value is -1.95. The van der Waals surface area contributed by atoms with Gasteiger partial charge in [0, 0.05) is 12.0 Å². The number of aliphatic carboxylic acids is 1. The van der Waals surface area contributed by atoms with E-state index in [9.17, 15) is 4.79 Å². The number of rotatable bonds is 7. The molecule has 1 unspecified atom stereocenters. The predicted molar refractivity (Wildman–Crippen MR) is 70.0 cm³/mol. The van der Waals surface area contributed by atoms with Crippen LogP contribution in [0.4, 0.5) is 0 Å². The quantitative estimate of drug-likeness (QED) is 0.769. The zero-order valence-corrected chi connectivity index (χ0v) is 11.3. The van der Waals surface area contributed by atoms with Crippen molar-refractivity contribution in [2.24, 2.45) is 5.73 Å². The zero-order chi connectivity index (χ0) is 14.4. The summed E-state index contributed by atoms with van der Waals surface area (Å²) in [5, 5.41) is 8.87. The highest BCUT2D eigenvalue weighted by atomic mass is 16.5. The van der Waals surface area contributed by atoms with Crippen LogP contribution in [0.5, 0.6) is 17.2 Å². The lowest BCUT2D eigenvalue weighted by molar-refractivity contribution is -0.138. The summed E-state index contributed by atoms with van der Waals surface area (Å²) in [6.07, 6.45) is 0.158. The number of hydrogen-bond acceptors (Lipinski definition) is 5. The van der Waals surface area contributed by atoms with E-state index in [0.717, 1.165) is 0 Å². The molecule has 106 valence electrons. The van der Waals surface area contributed by atoms with Gasteiger partial charge >= 0.3 is 5.97 Å². The van der Waals surface area contributed by atoms with Crippen molar-refractivity contribution in [3.8, 4) is 17.2 Å². The number of methoxy groups -OCH3 is 2. The van der Waals surface area contributed by atoms with Crippen LogP contribution in [-0.2, 0) is 11.2 Å². The largest absolute Gasteiger partial charge is 0.493 e. The summed E-state index contributed by atoms with van der Waals surface area (Å²) in [5.41, 5.74) is 6.22. The van der Waals surface area contributed by atoms with E-state index in [1.54, 1.807) is 12.1 Å². The number of carbonyl (C=O) groups is 1. The molecule has 0 aliphatic rings. The molecule has 0 radical (unpaired) electrons. The first-order valence-corrected chi connectivity index (χ1v) is 5.90. The van der Waals surface area contributed by atoms with E-state index < -0.39 is 12.0 Å². The van der Waals surface area contributed by atoms with Crippen molar-refractivity contribution >= 4 is 5.97 Å². The van der Waals surface area contributed by atoms with Crippen molar-refractivity contribution in [1.29, 1.82) is 0 Å². The van der Waals surface area contributed by atoms with Gasteiger partial charge in [-0.25, -0.2) is 0 Å². The molecule has 1 rings (SSSR count). The number of carboxylic acids is 1. The number of carboxylic acid groups (broad SMARTS) is 1. The molecule has 0 aliphatic heterocycles. The third-order valence-electron chi connectivity index (χ3n) is 2.63. The second kappa shape index (κ2) is 6.84. The van der Waals surface area contributed by atoms with Crippen LogP contribution in [0.1, 0.15) is 12.5 Å². The predicted octanol–water partition coefficient (Wildman–Crippen LogP) is 1.06. The third kappa shape index (κ3) is 3.51. The first-order chi connectivity index (χ1) is 9.04. The zero-order valence-electron chi connectivity index (χ0n) is 11.3. The molecule has 0 fully saturated rings. The average Bonchev–Trinajstić information content (AvgIpc) is 2.40. The molecule has 1 aromatic rings. The Kier molecular flexibility index (Phi) is 5.44. The fraction of sp³-hybridized carbons (Fsp3) is 0.462. The van der Waals surface area contributed by atoms with Crippen LogP contribution in [-0.4, -0.2) is 37.9 Å². The van der Waals surface area contributed by atoms with Gasteiger partial charge in [0.2, 0.25) is 5.75 Å². The molecule has 0 spiro atoms. The van der Waals surface area contributed by atoms with Crippen LogP contribution >= 0.6 is 0 Å². The van der Waals surface area contributed by atoms with Crippen molar-refractivity contribution in [3.63, 3.8) is 0 Å². The van der Waals surface area contributed by atoms with Crippen LogP contribution < -0.4 is 19.9 Å². The molecule has 6 heteroatoms. The summed E-state index contributed by atoms with van der Waals surface area (Å²) < 4.78 is 16.0. The van der Waals surface area contributed by atoms with Gasteiger partial charge in [-0.1, -0.05) is 6.07 Å². The maximum atomic E-state index is 10.8. The Morgan fingerprint density at radius 2 is 2.00 bits per heavy atom. The lowest BCUT2D eigenvalue weighted by Crippen LogP contribution is -2.32. The van der Waals surface area contributed by atoms with Crippen molar-refractivity contribution in [3.05, 3.63) is 17.7 Å². The fourth-order valence-corrected chi connectivity index (χ4v) is 1.73. The number of hydrogen-bond donors (Lipinski definition) is 2. The average molecular weight is 269 g/mol. The third-order valence-corrected chi connectivity index (χ3v) is 2.63. The maximum Gasteiger partial charge on any atom is 0.320 e. The second-order valence-corrected chi connectivity index (χ2v) is 3.87. The van der Waals surface area contributed by atoms with Crippen LogP contribution in [0, 0.1) is 0 Å². The monoisotopic (exact) mass is 269 g/mol. The van der Waals surface area contributed by atoms with Crippen molar-refractivity contribution in [2.75, 3.05) is 20.8 Å². The van der Waals surface area contributed by atoms with Crippen LogP contribution in [0.3, 0.4) is 0 Å². The van der Waals surface area contributed by atoms with E-state index in [-0.39, 0.29) is 6.42 Å². The highest BCUT2D eigenvalue weighted by Crippen LogP contribution is 2.40. The Labute approximate surface area is 112 Å². The molecule has 0 aromatic heterocycles. The Balaban J connectivity index is 3.19. The standard InChI is InChI=1S/C13H19NO5/c1-4-19-11-8(7-9(14)13(15)16)5-6-10(17-2)12(11)18-3/h5-6,9H,4,7,14H2,1-3H3,(H,15,16). The molecule has 1 aromatic carbocycles. The van der Waals surface area contributed by atoms with E-state index in [4.69, 9.17) is 25.1 Å². The fourth-order valence-electron chi connectivity index (χ4n) is 1.73. The van der Waals surface area contributed by atoms with Crippen molar-refractivity contribution < 1.29 is 24.1 Å². The molecule has 0 saturated carbocycles. The van der Waals surface area contributed by atoms with Gasteiger partial charge in [0.1, 0.15) is 6.04 Å². The van der Waals surface area contributed by atoms with Gasteiger partial charge < -0.3 is 25.1 Å². The summed E-state index contributed by atoms with van der Waals surface area (Å²) in [5.74, 6) is 0.385. The topological polar surface area (TPSA) is 91.0 Å². The Morgan fingerprint density at radius 3 is 2.47 bits per heavy atom. The number of nitrogens with two attached hydrogens (primary N) is 1. The van der Waals surface area contributed by atoms with Gasteiger partial charge in [-0.2, -0.15) is 0 Å². The van der Waals surface area contributed by atoms with Gasteiger partial charge in [-0.05, 0) is 13.0 Å². The van der Waals surface area contributed by atoms with E-state index >= 15 is 0 Å². The molecule has 3 N–H and O–H groups in total. The summed E-state index contributed by atoms with van der Waals surface area (Å²) in [6.45, 7) is 2.26. The second-order valence-electron chi connectivity index (χ2n) is 3.87. The van der Waals surface area contributed by atoms with Gasteiger partial charge in [0.05, 0.1) is 20.8 Å². The molecule has 19 heavy (non-hydrogen) atoms. The minimum Gasteiger partial charge on any atom is -0.493 e. The van der Waals surface area contributed by atoms with E-state index in [1.165, 1.54) is 14.2 Å². The van der Waals surface area contributed by atoms with Crippen LogP contribution in [0.25, 0.3) is 0 Å².